The zero-order chi connectivity index (χ0) is 11.3. The molecule has 0 spiro atoms. The third-order valence-electron chi connectivity index (χ3n) is 3.32. The summed E-state index contributed by atoms with van der Waals surface area (Å²) in [5.41, 5.74) is -0.111. The third-order valence-corrected chi connectivity index (χ3v) is 3.32. The van der Waals surface area contributed by atoms with Gasteiger partial charge in [0.15, 0.2) is 0 Å². The van der Waals surface area contributed by atoms with Crippen molar-refractivity contribution in [3.05, 3.63) is 0 Å². The highest BCUT2D eigenvalue weighted by molar-refractivity contribution is 5.68. The van der Waals surface area contributed by atoms with E-state index in [2.05, 4.69) is 19.2 Å². The van der Waals surface area contributed by atoms with Gasteiger partial charge in [0.1, 0.15) is 0 Å². The summed E-state index contributed by atoms with van der Waals surface area (Å²) in [6.45, 7) is 4.32. The molecule has 3 heteroatoms. The summed E-state index contributed by atoms with van der Waals surface area (Å²) in [6.07, 6.45) is 6.93. The molecule has 1 unspecified atom stereocenters. The second-order valence-electron chi connectivity index (χ2n) is 4.89. The van der Waals surface area contributed by atoms with E-state index in [1.807, 2.05) is 0 Å². The van der Waals surface area contributed by atoms with E-state index in [0.717, 1.165) is 25.7 Å². The maximum absolute atomic E-state index is 10.9. The predicted molar refractivity (Wildman–Crippen MR) is 61.0 cm³/mol. The zero-order valence-electron chi connectivity index (χ0n) is 9.88. The lowest BCUT2D eigenvalue weighted by atomic mass is 9.91. The van der Waals surface area contributed by atoms with E-state index in [9.17, 15) is 4.79 Å². The Labute approximate surface area is 92.3 Å². The van der Waals surface area contributed by atoms with Gasteiger partial charge in [-0.15, -0.1) is 0 Å². The topological polar surface area (TPSA) is 49.3 Å². The second kappa shape index (κ2) is 5.50. The summed E-state index contributed by atoms with van der Waals surface area (Å²) in [6, 6.07) is 0.437. The predicted octanol–water partition coefficient (Wildman–Crippen LogP) is 2.55. The highest BCUT2D eigenvalue weighted by Gasteiger charge is 2.36. The summed E-state index contributed by atoms with van der Waals surface area (Å²) in [4.78, 5) is 10.9. The molecule has 0 amide bonds. The number of aliphatic carboxylic acids is 1. The number of nitrogens with one attached hydrogen (secondary N) is 1. The van der Waals surface area contributed by atoms with Crippen molar-refractivity contribution in [1.82, 2.24) is 5.32 Å². The SMILES string of the molecule is CCCC(C)NC1(CC(=O)O)CCCC1. The second-order valence-corrected chi connectivity index (χ2v) is 4.89. The van der Waals surface area contributed by atoms with Gasteiger partial charge in [-0.3, -0.25) is 4.79 Å². The van der Waals surface area contributed by atoms with E-state index in [-0.39, 0.29) is 12.0 Å². The number of carbonyl (C=O) groups is 1. The molecule has 2 N–H and O–H groups in total. The lowest BCUT2D eigenvalue weighted by Gasteiger charge is -2.32. The third kappa shape index (κ3) is 3.82. The first-order chi connectivity index (χ1) is 7.08. The maximum Gasteiger partial charge on any atom is 0.305 e. The molecule has 0 aliphatic heterocycles. The molecule has 1 aliphatic carbocycles. The Hall–Kier alpha value is -0.570. The Morgan fingerprint density at radius 3 is 2.53 bits per heavy atom. The summed E-state index contributed by atoms with van der Waals surface area (Å²) in [7, 11) is 0. The molecule has 1 aliphatic rings. The summed E-state index contributed by atoms with van der Waals surface area (Å²) >= 11 is 0. The van der Waals surface area contributed by atoms with Crippen molar-refractivity contribution in [3.8, 4) is 0 Å². The summed E-state index contributed by atoms with van der Waals surface area (Å²) in [5.74, 6) is -0.673. The minimum Gasteiger partial charge on any atom is -0.481 e. The van der Waals surface area contributed by atoms with Gasteiger partial charge in [-0.05, 0) is 26.2 Å². The Balaban J connectivity index is 2.52. The van der Waals surface area contributed by atoms with Gasteiger partial charge in [0, 0.05) is 11.6 Å². The van der Waals surface area contributed by atoms with Crippen molar-refractivity contribution >= 4 is 5.97 Å². The van der Waals surface area contributed by atoms with Crippen molar-refractivity contribution < 1.29 is 9.90 Å². The number of hydrogen-bond acceptors (Lipinski definition) is 2. The van der Waals surface area contributed by atoms with Crippen LogP contribution in [0.1, 0.15) is 58.8 Å². The molecule has 1 rings (SSSR count). The van der Waals surface area contributed by atoms with Crippen LogP contribution in [0.25, 0.3) is 0 Å². The molecule has 1 fully saturated rings. The fraction of sp³-hybridized carbons (Fsp3) is 0.917. The molecule has 0 heterocycles. The fourth-order valence-corrected chi connectivity index (χ4v) is 2.74. The molecule has 0 aromatic carbocycles. The van der Waals surface area contributed by atoms with Crippen LogP contribution < -0.4 is 5.32 Å². The van der Waals surface area contributed by atoms with Gasteiger partial charge in [-0.1, -0.05) is 26.2 Å². The molecule has 3 nitrogen and oxygen atoms in total. The Kier molecular flexibility index (Phi) is 4.58. The molecular weight excluding hydrogens is 190 g/mol. The van der Waals surface area contributed by atoms with Crippen LogP contribution in [0, 0.1) is 0 Å². The highest BCUT2D eigenvalue weighted by Crippen LogP contribution is 2.33. The molecule has 0 aromatic rings. The van der Waals surface area contributed by atoms with Crippen molar-refractivity contribution in [2.24, 2.45) is 0 Å². The van der Waals surface area contributed by atoms with Crippen LogP contribution in [0.4, 0.5) is 0 Å². The van der Waals surface area contributed by atoms with Gasteiger partial charge >= 0.3 is 5.97 Å². The van der Waals surface area contributed by atoms with Gasteiger partial charge in [-0.2, -0.15) is 0 Å². The molecule has 15 heavy (non-hydrogen) atoms. The molecular formula is C12H23NO2. The van der Waals surface area contributed by atoms with Crippen LogP contribution in [-0.4, -0.2) is 22.7 Å². The first kappa shape index (κ1) is 12.5. The smallest absolute Gasteiger partial charge is 0.305 e. The fourth-order valence-electron chi connectivity index (χ4n) is 2.74. The van der Waals surface area contributed by atoms with Gasteiger partial charge in [0.2, 0.25) is 0 Å². The van der Waals surface area contributed by atoms with E-state index in [1.54, 1.807) is 0 Å². The molecule has 0 saturated heterocycles. The number of carboxylic acid groups (broad SMARTS) is 1. The Morgan fingerprint density at radius 1 is 1.47 bits per heavy atom. The van der Waals surface area contributed by atoms with E-state index in [0.29, 0.717) is 6.04 Å². The van der Waals surface area contributed by atoms with Crippen LogP contribution in [0.2, 0.25) is 0 Å². The van der Waals surface area contributed by atoms with Crippen molar-refractivity contribution in [3.63, 3.8) is 0 Å². The molecule has 0 aromatic heterocycles. The van der Waals surface area contributed by atoms with E-state index < -0.39 is 5.97 Å². The average Bonchev–Trinajstić information content (AvgIpc) is 2.51. The molecule has 0 radical (unpaired) electrons. The lowest BCUT2D eigenvalue weighted by molar-refractivity contribution is -0.138. The Morgan fingerprint density at radius 2 is 2.07 bits per heavy atom. The lowest BCUT2D eigenvalue weighted by Crippen LogP contribution is -2.48. The summed E-state index contributed by atoms with van der Waals surface area (Å²) < 4.78 is 0. The van der Waals surface area contributed by atoms with Crippen molar-refractivity contribution in [1.29, 1.82) is 0 Å². The molecule has 1 atom stereocenters. The number of carboxylic acids is 1. The van der Waals surface area contributed by atoms with E-state index >= 15 is 0 Å². The van der Waals surface area contributed by atoms with Gasteiger partial charge in [0.05, 0.1) is 6.42 Å². The standard InChI is InChI=1S/C12H23NO2/c1-3-6-10(2)13-12(9-11(14)15)7-4-5-8-12/h10,13H,3-9H2,1-2H3,(H,14,15). The minimum absolute atomic E-state index is 0.111. The number of hydrogen-bond donors (Lipinski definition) is 2. The molecule has 88 valence electrons. The van der Waals surface area contributed by atoms with E-state index in [1.165, 1.54) is 12.8 Å². The largest absolute Gasteiger partial charge is 0.481 e. The number of rotatable bonds is 6. The van der Waals surface area contributed by atoms with Gasteiger partial charge in [-0.25, -0.2) is 0 Å². The Bertz CT molecular complexity index is 210. The first-order valence-electron chi connectivity index (χ1n) is 6.07. The van der Waals surface area contributed by atoms with Crippen LogP contribution in [0.3, 0.4) is 0 Å². The normalized spacial score (nSPS) is 21.5. The quantitative estimate of drug-likeness (QED) is 0.713. The molecule has 0 bridgehead atoms. The maximum atomic E-state index is 10.9. The summed E-state index contributed by atoms with van der Waals surface area (Å²) in [5, 5.41) is 12.5. The van der Waals surface area contributed by atoms with E-state index in [4.69, 9.17) is 5.11 Å². The van der Waals surface area contributed by atoms with Gasteiger partial charge in [0.25, 0.3) is 0 Å². The first-order valence-corrected chi connectivity index (χ1v) is 6.07. The minimum atomic E-state index is -0.673. The monoisotopic (exact) mass is 213 g/mol. The van der Waals surface area contributed by atoms with Crippen LogP contribution in [-0.2, 0) is 4.79 Å². The average molecular weight is 213 g/mol. The van der Waals surface area contributed by atoms with Crippen molar-refractivity contribution in [2.45, 2.75) is 70.4 Å². The molecule has 1 saturated carbocycles. The van der Waals surface area contributed by atoms with Crippen molar-refractivity contribution in [2.75, 3.05) is 0 Å². The zero-order valence-corrected chi connectivity index (χ0v) is 9.88. The van der Waals surface area contributed by atoms with Gasteiger partial charge < -0.3 is 10.4 Å². The van der Waals surface area contributed by atoms with Crippen LogP contribution in [0.5, 0.6) is 0 Å². The van der Waals surface area contributed by atoms with Crippen LogP contribution >= 0.6 is 0 Å². The van der Waals surface area contributed by atoms with Crippen LogP contribution in [0.15, 0.2) is 0 Å². The highest BCUT2D eigenvalue weighted by atomic mass is 16.4.